The number of hydrogen-bond donors (Lipinski definition) is 2. The summed E-state index contributed by atoms with van der Waals surface area (Å²) in [6, 6.07) is 9.91. The number of aromatic nitrogens is 1. The Morgan fingerprint density at radius 2 is 1.93 bits per heavy atom. The number of carbonyl (C=O) groups is 2. The molecular formula is C20H21Cl2N3O4. The van der Waals surface area contributed by atoms with Crippen molar-refractivity contribution in [2.45, 2.75) is 38.3 Å². The molecule has 2 atom stereocenters. The van der Waals surface area contributed by atoms with E-state index >= 15 is 0 Å². The zero-order chi connectivity index (χ0) is 21.2. The molecular weight excluding hydrogens is 417 g/mol. The summed E-state index contributed by atoms with van der Waals surface area (Å²) in [4.78, 5) is 30.0. The first-order chi connectivity index (χ1) is 13.7. The molecule has 0 bridgehead atoms. The lowest BCUT2D eigenvalue weighted by molar-refractivity contribution is -0.143. The summed E-state index contributed by atoms with van der Waals surface area (Å²) < 4.78 is 5.76. The molecule has 2 amide bonds. The minimum absolute atomic E-state index is 0.150. The monoisotopic (exact) mass is 437 g/mol. The second kappa shape index (κ2) is 8.57. The van der Waals surface area contributed by atoms with Gasteiger partial charge < -0.3 is 9.64 Å². The molecule has 1 aromatic heterocycles. The van der Waals surface area contributed by atoms with Gasteiger partial charge >= 0.3 is 0 Å². The van der Waals surface area contributed by atoms with Crippen LogP contribution in [0.3, 0.4) is 0 Å². The van der Waals surface area contributed by atoms with Crippen LogP contribution in [0.25, 0.3) is 0 Å². The highest BCUT2D eigenvalue weighted by atomic mass is 35.5. The number of likely N-dealkylation sites (tertiary alicyclic amines) is 1. The number of hydrogen-bond acceptors (Lipinski definition) is 5. The highest BCUT2D eigenvalue weighted by Gasteiger charge is 2.46. The van der Waals surface area contributed by atoms with E-state index in [0.29, 0.717) is 29.0 Å². The molecule has 7 nitrogen and oxygen atoms in total. The molecule has 1 aliphatic rings. The second-order valence-electron chi connectivity index (χ2n) is 7.17. The number of rotatable bonds is 6. The van der Waals surface area contributed by atoms with Crippen molar-refractivity contribution in [3.8, 4) is 5.75 Å². The van der Waals surface area contributed by atoms with Gasteiger partial charge in [0.2, 0.25) is 5.91 Å². The van der Waals surface area contributed by atoms with Gasteiger partial charge in [-0.2, -0.15) is 0 Å². The lowest BCUT2D eigenvalue weighted by atomic mass is 9.81. The van der Waals surface area contributed by atoms with Crippen molar-refractivity contribution >= 4 is 35.0 Å². The van der Waals surface area contributed by atoms with E-state index in [1.807, 2.05) is 19.1 Å². The molecule has 1 saturated heterocycles. The second-order valence-corrected chi connectivity index (χ2v) is 7.94. The van der Waals surface area contributed by atoms with Crippen molar-refractivity contribution in [1.29, 1.82) is 0 Å². The number of amides is 2. The molecule has 29 heavy (non-hydrogen) atoms. The molecule has 3 rings (SSSR count). The Kier molecular flexibility index (Phi) is 6.31. The van der Waals surface area contributed by atoms with E-state index in [9.17, 15) is 9.59 Å². The fourth-order valence-electron chi connectivity index (χ4n) is 3.43. The third-order valence-electron chi connectivity index (χ3n) is 5.26. The summed E-state index contributed by atoms with van der Waals surface area (Å²) in [5, 5.41) is 9.42. The average molecular weight is 438 g/mol. The third kappa shape index (κ3) is 4.47. The maximum Gasteiger partial charge on any atom is 0.265 e. The summed E-state index contributed by atoms with van der Waals surface area (Å²) in [7, 11) is 0. The summed E-state index contributed by atoms with van der Waals surface area (Å²) in [5.74, 6) is -0.122. The van der Waals surface area contributed by atoms with Crippen LogP contribution in [0.4, 0.5) is 0 Å². The van der Waals surface area contributed by atoms with Crippen LogP contribution in [-0.4, -0.2) is 39.5 Å². The van der Waals surface area contributed by atoms with Crippen LogP contribution < -0.4 is 10.2 Å². The van der Waals surface area contributed by atoms with Gasteiger partial charge in [0.1, 0.15) is 28.7 Å². The van der Waals surface area contributed by atoms with E-state index in [1.54, 1.807) is 36.7 Å². The first kappa shape index (κ1) is 21.4. The number of benzene rings is 1. The highest BCUT2D eigenvalue weighted by Crippen LogP contribution is 2.37. The molecule has 0 radical (unpaired) electrons. The van der Waals surface area contributed by atoms with E-state index < -0.39 is 17.4 Å². The fourth-order valence-corrected chi connectivity index (χ4v) is 3.93. The molecule has 9 heteroatoms. The van der Waals surface area contributed by atoms with Crippen LogP contribution in [-0.2, 0) is 21.6 Å². The number of halogens is 2. The molecule has 2 aromatic rings. The van der Waals surface area contributed by atoms with E-state index in [4.69, 9.17) is 33.1 Å². The molecule has 0 spiro atoms. The molecule has 1 aliphatic heterocycles. The standard InChI is InChI=1S/C20H21Cl2N3O4/c1-12(18(26)24-28)25-8-7-20(2,19(25)27)14-3-5-15(6-4-14)29-11-13-9-16(21)23-17(22)10-13/h3-6,9-10,12,28H,7-8,11H2,1-2H3,(H,24,26). The molecule has 1 fully saturated rings. The number of carbonyl (C=O) groups excluding carboxylic acids is 2. The Balaban J connectivity index is 1.69. The normalized spacial score (nSPS) is 19.9. The molecule has 2 N–H and O–H groups in total. The molecule has 1 aromatic carbocycles. The van der Waals surface area contributed by atoms with Gasteiger partial charge in [-0.25, -0.2) is 10.5 Å². The number of nitrogens with zero attached hydrogens (tertiary/aromatic N) is 2. The van der Waals surface area contributed by atoms with Crippen LogP contribution in [0.2, 0.25) is 10.3 Å². The smallest absolute Gasteiger partial charge is 0.265 e. The lowest BCUT2D eigenvalue weighted by Crippen LogP contribution is -2.47. The minimum Gasteiger partial charge on any atom is -0.489 e. The summed E-state index contributed by atoms with van der Waals surface area (Å²) >= 11 is 11.8. The lowest BCUT2D eigenvalue weighted by Gasteiger charge is -2.27. The topological polar surface area (TPSA) is 91.8 Å². The van der Waals surface area contributed by atoms with Crippen molar-refractivity contribution < 1.29 is 19.5 Å². The number of pyridine rings is 1. The van der Waals surface area contributed by atoms with Gasteiger partial charge in [0.15, 0.2) is 0 Å². The summed E-state index contributed by atoms with van der Waals surface area (Å²) in [6.45, 7) is 4.16. The largest absolute Gasteiger partial charge is 0.489 e. The Hall–Kier alpha value is -2.35. The fraction of sp³-hybridized carbons (Fsp3) is 0.350. The predicted octanol–water partition coefficient (Wildman–Crippen LogP) is 3.35. The maximum atomic E-state index is 13.0. The van der Waals surface area contributed by atoms with Crippen LogP contribution in [0.1, 0.15) is 31.4 Å². The molecule has 0 saturated carbocycles. The van der Waals surface area contributed by atoms with Crippen molar-refractivity contribution in [3.05, 3.63) is 57.8 Å². The van der Waals surface area contributed by atoms with E-state index in [0.717, 1.165) is 11.1 Å². The Labute approximate surface area is 178 Å². The van der Waals surface area contributed by atoms with Crippen LogP contribution in [0.5, 0.6) is 5.75 Å². The zero-order valence-electron chi connectivity index (χ0n) is 16.0. The van der Waals surface area contributed by atoms with Crippen molar-refractivity contribution in [2.24, 2.45) is 0 Å². The van der Waals surface area contributed by atoms with Gasteiger partial charge in [-0.05, 0) is 55.7 Å². The Morgan fingerprint density at radius 1 is 1.31 bits per heavy atom. The third-order valence-corrected chi connectivity index (χ3v) is 5.65. The van der Waals surface area contributed by atoms with Crippen LogP contribution in [0, 0.1) is 0 Å². The van der Waals surface area contributed by atoms with Gasteiger partial charge in [-0.15, -0.1) is 0 Å². The van der Waals surface area contributed by atoms with Crippen molar-refractivity contribution in [3.63, 3.8) is 0 Å². The summed E-state index contributed by atoms with van der Waals surface area (Å²) in [6.07, 6.45) is 0.573. The van der Waals surface area contributed by atoms with Gasteiger partial charge in [0, 0.05) is 6.54 Å². The van der Waals surface area contributed by atoms with Crippen LogP contribution >= 0.6 is 23.2 Å². The van der Waals surface area contributed by atoms with Crippen molar-refractivity contribution in [2.75, 3.05) is 6.54 Å². The molecule has 154 valence electrons. The number of ether oxygens (including phenoxy) is 1. The van der Waals surface area contributed by atoms with Gasteiger partial charge in [-0.3, -0.25) is 14.8 Å². The first-order valence-electron chi connectivity index (χ1n) is 9.05. The number of nitrogens with one attached hydrogen (secondary N) is 1. The van der Waals surface area contributed by atoms with E-state index in [-0.39, 0.29) is 12.5 Å². The van der Waals surface area contributed by atoms with E-state index in [2.05, 4.69) is 4.98 Å². The van der Waals surface area contributed by atoms with Gasteiger partial charge in [-0.1, -0.05) is 35.3 Å². The molecule has 0 aliphatic carbocycles. The minimum atomic E-state index is -0.741. The maximum absolute atomic E-state index is 13.0. The Bertz CT molecular complexity index is 902. The first-order valence-corrected chi connectivity index (χ1v) is 9.80. The van der Waals surface area contributed by atoms with Crippen molar-refractivity contribution in [1.82, 2.24) is 15.4 Å². The highest BCUT2D eigenvalue weighted by molar-refractivity contribution is 6.32. The summed E-state index contributed by atoms with van der Waals surface area (Å²) in [5.41, 5.74) is 2.49. The predicted molar refractivity (Wildman–Crippen MR) is 108 cm³/mol. The van der Waals surface area contributed by atoms with Gasteiger partial charge in [0.25, 0.3) is 5.91 Å². The van der Waals surface area contributed by atoms with E-state index in [1.165, 1.54) is 4.90 Å². The molecule has 2 heterocycles. The quantitative estimate of drug-likeness (QED) is 0.410. The zero-order valence-corrected chi connectivity index (χ0v) is 17.5. The number of hydroxylamine groups is 1. The SMILES string of the molecule is CC(C(=O)NO)N1CCC(C)(c2ccc(OCc3cc(Cl)nc(Cl)c3)cc2)C1=O. The average Bonchev–Trinajstić information content (AvgIpc) is 3.00. The Morgan fingerprint density at radius 3 is 2.52 bits per heavy atom. The van der Waals surface area contributed by atoms with Gasteiger partial charge in [0.05, 0.1) is 5.41 Å². The van der Waals surface area contributed by atoms with Crippen LogP contribution in [0.15, 0.2) is 36.4 Å². The molecule has 2 unspecified atom stereocenters.